The molecule has 0 N–H and O–H groups in total. The van der Waals surface area contributed by atoms with Gasteiger partial charge in [0.25, 0.3) is 0 Å². The summed E-state index contributed by atoms with van der Waals surface area (Å²) in [7, 11) is 0. The third kappa shape index (κ3) is 2.30. The molecule has 0 aliphatic rings. The lowest BCUT2D eigenvalue weighted by atomic mass is 10.1. The second kappa shape index (κ2) is 4.20. The van der Waals surface area contributed by atoms with Crippen LogP contribution < -0.4 is 0 Å². The van der Waals surface area contributed by atoms with E-state index in [9.17, 15) is 35.5 Å². The fraction of sp³-hybridized carbons (Fsp3) is 0.556. The topological polar surface area (TPSA) is 34.9 Å². The molecule has 0 spiro atoms. The predicted octanol–water partition coefficient (Wildman–Crippen LogP) is 3.14. The lowest BCUT2D eigenvalue weighted by molar-refractivity contribution is -0.360. The van der Waals surface area contributed by atoms with Crippen LogP contribution in [0.2, 0.25) is 0 Å². The van der Waals surface area contributed by atoms with Gasteiger partial charge in [-0.25, -0.2) is 4.68 Å². The number of nitrogens with zero attached hydrogens (tertiary/aromatic N) is 2. The van der Waals surface area contributed by atoms with Crippen molar-refractivity contribution >= 4 is 5.91 Å². The van der Waals surface area contributed by atoms with Gasteiger partial charge in [-0.2, -0.15) is 35.8 Å². The van der Waals surface area contributed by atoms with Crippen LogP contribution in [0, 0.1) is 6.92 Å². The van der Waals surface area contributed by atoms with E-state index in [1.165, 1.54) is 0 Å². The largest absolute Gasteiger partial charge is 0.460 e. The number of carbonyl (C=O) groups is 1. The first kappa shape index (κ1) is 15.4. The average Bonchev–Trinajstić information content (AvgIpc) is 2.58. The number of rotatable bonds is 2. The first-order valence-electron chi connectivity index (χ1n) is 4.73. The highest BCUT2D eigenvalue weighted by molar-refractivity contribution is 5.75. The third-order valence-corrected chi connectivity index (χ3v) is 2.26. The van der Waals surface area contributed by atoms with E-state index in [1.54, 1.807) is 0 Å². The molecule has 0 saturated heterocycles. The smallest absolute Gasteiger partial charge is 0.273 e. The summed E-state index contributed by atoms with van der Waals surface area (Å²) in [6.45, 7) is 1.96. The van der Waals surface area contributed by atoms with E-state index in [0.29, 0.717) is 10.7 Å². The van der Waals surface area contributed by atoms with Gasteiger partial charge in [0.05, 0.1) is 0 Å². The van der Waals surface area contributed by atoms with Crippen molar-refractivity contribution in [3.63, 3.8) is 0 Å². The van der Waals surface area contributed by atoms with Gasteiger partial charge in [-0.05, 0) is 13.0 Å². The van der Waals surface area contributed by atoms with Crippen LogP contribution in [-0.2, 0) is 5.92 Å². The molecule has 1 aromatic heterocycles. The molecule has 0 unspecified atom stereocenters. The summed E-state index contributed by atoms with van der Waals surface area (Å²) in [5.74, 6) is -12.8. The van der Waals surface area contributed by atoms with Gasteiger partial charge in [-0.15, -0.1) is 0 Å². The summed E-state index contributed by atoms with van der Waals surface area (Å²) >= 11 is 0. The van der Waals surface area contributed by atoms with Crippen molar-refractivity contribution < 1.29 is 35.5 Å². The molecule has 3 nitrogen and oxygen atoms in total. The highest BCUT2D eigenvalue weighted by atomic mass is 19.4. The normalized spacial score (nSPS) is 13.7. The van der Waals surface area contributed by atoms with Gasteiger partial charge >= 0.3 is 18.0 Å². The molecule has 19 heavy (non-hydrogen) atoms. The molecule has 0 atom stereocenters. The van der Waals surface area contributed by atoms with Gasteiger partial charge in [0, 0.05) is 12.6 Å². The Labute approximate surface area is 102 Å². The summed E-state index contributed by atoms with van der Waals surface area (Å²) in [6, 6.07) is 0.307. The van der Waals surface area contributed by atoms with Crippen LogP contribution in [0.4, 0.5) is 30.7 Å². The van der Waals surface area contributed by atoms with Crippen molar-refractivity contribution in [2.45, 2.75) is 31.9 Å². The molecule has 1 heterocycles. The van der Waals surface area contributed by atoms with Gasteiger partial charge in [-0.1, -0.05) is 0 Å². The highest BCUT2D eigenvalue weighted by Gasteiger charge is 2.74. The van der Waals surface area contributed by atoms with Gasteiger partial charge in [-0.3, -0.25) is 4.79 Å². The minimum atomic E-state index is -6.44. The van der Waals surface area contributed by atoms with Crippen LogP contribution in [0.3, 0.4) is 0 Å². The molecule has 0 bridgehead atoms. The van der Waals surface area contributed by atoms with E-state index in [0.717, 1.165) is 13.8 Å². The number of hydrogen-bond acceptors (Lipinski definition) is 2. The van der Waals surface area contributed by atoms with Crippen LogP contribution in [0.15, 0.2) is 6.07 Å². The Hall–Kier alpha value is -1.61. The summed E-state index contributed by atoms with van der Waals surface area (Å²) in [4.78, 5) is 10.9. The fourth-order valence-corrected chi connectivity index (χ4v) is 1.29. The zero-order valence-corrected chi connectivity index (χ0v) is 9.53. The number of carbonyl (C=O) groups excluding carboxylic acids is 1. The molecule has 1 rings (SSSR count). The van der Waals surface area contributed by atoms with Crippen molar-refractivity contribution in [2.75, 3.05) is 0 Å². The number of alkyl halides is 7. The molecule has 0 aliphatic carbocycles. The zero-order chi connectivity index (χ0) is 15.2. The second-order valence-corrected chi connectivity index (χ2v) is 3.75. The zero-order valence-electron chi connectivity index (χ0n) is 9.53. The van der Waals surface area contributed by atoms with Crippen LogP contribution in [-0.4, -0.2) is 27.8 Å². The first-order chi connectivity index (χ1) is 8.32. The molecular weight excluding hydrogens is 285 g/mol. The quantitative estimate of drug-likeness (QED) is 0.785. The maximum absolute atomic E-state index is 13.2. The van der Waals surface area contributed by atoms with Crippen LogP contribution in [0.1, 0.15) is 23.1 Å². The maximum Gasteiger partial charge on any atom is 0.460 e. The van der Waals surface area contributed by atoms with Gasteiger partial charge < -0.3 is 0 Å². The van der Waals surface area contributed by atoms with Crippen molar-refractivity contribution in [3.8, 4) is 0 Å². The summed E-state index contributed by atoms with van der Waals surface area (Å²) in [5, 5.41) is 2.80. The Bertz CT molecular complexity index is 503. The van der Waals surface area contributed by atoms with Crippen molar-refractivity contribution in [2.24, 2.45) is 0 Å². The Morgan fingerprint density at radius 2 is 1.63 bits per heavy atom. The van der Waals surface area contributed by atoms with E-state index in [4.69, 9.17) is 0 Å². The molecule has 0 aromatic carbocycles. The van der Waals surface area contributed by atoms with Gasteiger partial charge in [0.1, 0.15) is 5.69 Å². The van der Waals surface area contributed by atoms with Crippen LogP contribution in [0.5, 0.6) is 0 Å². The third-order valence-electron chi connectivity index (χ3n) is 2.26. The number of hydrogen-bond donors (Lipinski definition) is 0. The lowest BCUT2D eigenvalue weighted by Gasteiger charge is -2.26. The lowest BCUT2D eigenvalue weighted by Crippen LogP contribution is -2.50. The highest BCUT2D eigenvalue weighted by Crippen LogP contribution is 2.51. The first-order valence-corrected chi connectivity index (χ1v) is 4.73. The Balaban J connectivity index is 3.36. The predicted molar refractivity (Wildman–Crippen MR) is 48.2 cm³/mol. The molecule has 1 aromatic rings. The molecule has 0 amide bonds. The van der Waals surface area contributed by atoms with E-state index in [1.807, 2.05) is 0 Å². The Kier molecular flexibility index (Phi) is 3.42. The van der Waals surface area contributed by atoms with E-state index in [2.05, 4.69) is 5.10 Å². The summed E-state index contributed by atoms with van der Waals surface area (Å²) < 4.78 is 88.1. The van der Waals surface area contributed by atoms with Crippen molar-refractivity contribution in [1.82, 2.24) is 9.78 Å². The molecular formula is C9H7F7N2O. The summed E-state index contributed by atoms with van der Waals surface area (Å²) in [6.07, 6.45) is -6.44. The van der Waals surface area contributed by atoms with E-state index in [-0.39, 0.29) is 5.69 Å². The Morgan fingerprint density at radius 1 is 1.16 bits per heavy atom. The van der Waals surface area contributed by atoms with E-state index < -0.39 is 29.6 Å². The molecule has 0 radical (unpaired) electrons. The minimum absolute atomic E-state index is 0.278. The fourth-order valence-electron chi connectivity index (χ4n) is 1.29. The van der Waals surface area contributed by atoms with Crippen LogP contribution >= 0.6 is 0 Å². The Morgan fingerprint density at radius 3 is 1.95 bits per heavy atom. The second-order valence-electron chi connectivity index (χ2n) is 3.75. The maximum atomic E-state index is 13.2. The van der Waals surface area contributed by atoms with Gasteiger partial charge in [0.15, 0.2) is 0 Å². The minimum Gasteiger partial charge on any atom is -0.273 e. The molecule has 0 saturated carbocycles. The SMILES string of the molecule is CC(=O)n1nc(C(F)(F)C(F)(F)C(F)(F)F)cc1C. The standard InChI is InChI=1S/C9H7F7N2O/c1-4-3-6(17-18(4)5(2)19)7(10,11)8(12,13)9(14,15)16/h3H,1-2H3. The van der Waals surface area contributed by atoms with Crippen LogP contribution in [0.25, 0.3) is 0 Å². The molecule has 10 heteroatoms. The number of aromatic nitrogens is 2. The molecule has 0 fully saturated rings. The average molecular weight is 292 g/mol. The van der Waals surface area contributed by atoms with Crippen molar-refractivity contribution in [1.29, 1.82) is 0 Å². The molecule has 108 valence electrons. The van der Waals surface area contributed by atoms with Crippen molar-refractivity contribution in [3.05, 3.63) is 17.5 Å². The van der Waals surface area contributed by atoms with Gasteiger partial charge in [0.2, 0.25) is 5.91 Å². The number of halogens is 7. The van der Waals surface area contributed by atoms with E-state index >= 15 is 0 Å². The monoisotopic (exact) mass is 292 g/mol. The summed E-state index contributed by atoms with van der Waals surface area (Å²) in [5.41, 5.74) is -2.09. The molecule has 0 aliphatic heterocycles. The number of aryl methyl sites for hydroxylation is 1.